The molecule has 0 radical (unpaired) electrons. The molecule has 23 heavy (non-hydrogen) atoms. The average molecular weight is 310 g/mol. The van der Waals surface area contributed by atoms with E-state index in [0.29, 0.717) is 11.7 Å². The number of ether oxygens (including phenoxy) is 1. The molecule has 1 aromatic carbocycles. The standard InChI is InChI=1S/C16H18N6O/c17-10-11-14(18)19-15(22-8-4-1-5-9-22)21-16(11)20-12-6-2-3-7-13(12)23-16/h2-3,6-7,20H,1,4-5,8-9,18H2,(H,19,21). The molecule has 1 aromatic rings. The van der Waals surface area contributed by atoms with Crippen LogP contribution in [0.3, 0.4) is 0 Å². The van der Waals surface area contributed by atoms with Crippen molar-refractivity contribution >= 4 is 11.6 Å². The second-order valence-electron chi connectivity index (χ2n) is 5.88. The number of hydrogen-bond donors (Lipinski definition) is 3. The van der Waals surface area contributed by atoms with Gasteiger partial charge >= 0.3 is 5.85 Å². The van der Waals surface area contributed by atoms with Gasteiger partial charge in [-0.05, 0) is 31.4 Å². The van der Waals surface area contributed by atoms with Crippen LogP contribution in [0, 0.1) is 11.3 Å². The molecule has 0 saturated carbocycles. The van der Waals surface area contributed by atoms with E-state index < -0.39 is 5.85 Å². The summed E-state index contributed by atoms with van der Waals surface area (Å²) in [5.74, 6) is 0.321. The van der Waals surface area contributed by atoms with E-state index in [1.165, 1.54) is 6.42 Å². The van der Waals surface area contributed by atoms with Gasteiger partial charge in [-0.3, -0.25) is 0 Å². The molecular weight excluding hydrogens is 292 g/mol. The number of nitrogens with one attached hydrogen (secondary N) is 2. The van der Waals surface area contributed by atoms with Crippen LogP contribution in [0.1, 0.15) is 19.3 Å². The van der Waals surface area contributed by atoms with Gasteiger partial charge in [0.05, 0.1) is 5.69 Å². The van der Waals surface area contributed by atoms with Crippen molar-refractivity contribution in [2.75, 3.05) is 18.4 Å². The summed E-state index contributed by atoms with van der Waals surface area (Å²) in [4.78, 5) is 6.84. The lowest BCUT2D eigenvalue weighted by Gasteiger charge is -2.36. The van der Waals surface area contributed by atoms with Crippen LogP contribution < -0.4 is 21.1 Å². The van der Waals surface area contributed by atoms with Gasteiger partial charge in [0.15, 0.2) is 5.57 Å². The highest BCUT2D eigenvalue weighted by molar-refractivity contribution is 5.85. The first-order valence-corrected chi connectivity index (χ1v) is 7.80. The number of guanidine groups is 1. The lowest BCUT2D eigenvalue weighted by atomic mass is 10.1. The van der Waals surface area contributed by atoms with Crippen molar-refractivity contribution in [1.82, 2.24) is 10.2 Å². The molecular formula is C16H18N6O. The quantitative estimate of drug-likeness (QED) is 0.668. The zero-order valence-electron chi connectivity index (χ0n) is 12.7. The zero-order chi connectivity index (χ0) is 15.9. The molecule has 1 fully saturated rings. The van der Waals surface area contributed by atoms with Crippen molar-refractivity contribution in [3.8, 4) is 11.8 Å². The fourth-order valence-electron chi connectivity index (χ4n) is 3.18. The van der Waals surface area contributed by atoms with Crippen LogP contribution in [0.5, 0.6) is 5.75 Å². The van der Waals surface area contributed by atoms with Gasteiger partial charge in [-0.25, -0.2) is 0 Å². The minimum absolute atomic E-state index is 0.245. The SMILES string of the molecule is N#CC1=C(N)NC(N2CCCCC2)=NC12Nc1ccccc1O2. The van der Waals surface area contributed by atoms with Crippen LogP contribution >= 0.6 is 0 Å². The summed E-state index contributed by atoms with van der Waals surface area (Å²) in [7, 11) is 0. The number of likely N-dealkylation sites (tertiary alicyclic amines) is 1. The molecule has 1 spiro atoms. The summed E-state index contributed by atoms with van der Waals surface area (Å²) in [5.41, 5.74) is 7.14. The van der Waals surface area contributed by atoms with E-state index >= 15 is 0 Å². The molecule has 3 aliphatic heterocycles. The number of fused-ring (bicyclic) bond motifs is 1. The van der Waals surface area contributed by atoms with Gasteiger partial charge in [0.25, 0.3) is 0 Å². The molecule has 3 heterocycles. The summed E-state index contributed by atoms with van der Waals surface area (Å²) in [5, 5.41) is 15.8. The van der Waals surface area contributed by atoms with Crippen molar-refractivity contribution in [2.45, 2.75) is 25.1 Å². The van der Waals surface area contributed by atoms with Crippen LogP contribution in [0.2, 0.25) is 0 Å². The summed E-state index contributed by atoms with van der Waals surface area (Å²) in [6.07, 6.45) is 3.47. The molecule has 1 unspecified atom stereocenters. The Hall–Kier alpha value is -2.88. The lowest BCUT2D eigenvalue weighted by molar-refractivity contribution is 0.164. The topological polar surface area (TPSA) is 98.7 Å². The third-order valence-electron chi connectivity index (χ3n) is 4.33. The van der Waals surface area contributed by atoms with Crippen LogP contribution in [-0.4, -0.2) is 29.8 Å². The normalized spacial score (nSPS) is 25.9. The number of nitrogens with two attached hydrogens (primary N) is 1. The van der Waals surface area contributed by atoms with Gasteiger partial charge in [-0.15, -0.1) is 0 Å². The summed E-state index contributed by atoms with van der Waals surface area (Å²) in [6, 6.07) is 9.66. The Labute approximate surface area is 134 Å². The molecule has 4 rings (SSSR count). The number of benzene rings is 1. The van der Waals surface area contributed by atoms with E-state index in [4.69, 9.17) is 15.5 Å². The van der Waals surface area contributed by atoms with Crippen molar-refractivity contribution in [3.63, 3.8) is 0 Å². The molecule has 4 N–H and O–H groups in total. The Morgan fingerprint density at radius 1 is 1.26 bits per heavy atom. The summed E-state index contributed by atoms with van der Waals surface area (Å²) < 4.78 is 6.00. The van der Waals surface area contributed by atoms with Gasteiger partial charge in [0, 0.05) is 13.1 Å². The van der Waals surface area contributed by atoms with Gasteiger partial charge < -0.3 is 26.0 Å². The van der Waals surface area contributed by atoms with Crippen molar-refractivity contribution in [3.05, 3.63) is 35.7 Å². The molecule has 0 amide bonds. The fourth-order valence-corrected chi connectivity index (χ4v) is 3.18. The first-order valence-electron chi connectivity index (χ1n) is 7.80. The highest BCUT2D eigenvalue weighted by Gasteiger charge is 2.48. The lowest BCUT2D eigenvalue weighted by Crippen LogP contribution is -2.55. The average Bonchev–Trinajstić information content (AvgIpc) is 2.93. The van der Waals surface area contributed by atoms with Gasteiger partial charge in [0.2, 0.25) is 5.96 Å². The number of para-hydroxylation sites is 2. The molecule has 118 valence electrons. The molecule has 0 aromatic heterocycles. The van der Waals surface area contributed by atoms with Crippen LogP contribution in [0.25, 0.3) is 0 Å². The molecule has 1 saturated heterocycles. The molecule has 7 heteroatoms. The number of anilines is 1. The molecule has 1 atom stereocenters. The van der Waals surface area contributed by atoms with Crippen molar-refractivity contribution < 1.29 is 4.74 Å². The number of hydrogen-bond acceptors (Lipinski definition) is 7. The predicted molar refractivity (Wildman–Crippen MR) is 86.2 cm³/mol. The third kappa shape index (κ3) is 2.14. The Balaban J connectivity index is 1.74. The van der Waals surface area contributed by atoms with Crippen molar-refractivity contribution in [2.24, 2.45) is 10.7 Å². The maximum absolute atomic E-state index is 9.53. The largest absolute Gasteiger partial charge is 0.441 e. The minimum atomic E-state index is -1.28. The minimum Gasteiger partial charge on any atom is -0.441 e. The molecule has 3 aliphatic rings. The summed E-state index contributed by atoms with van der Waals surface area (Å²) >= 11 is 0. The van der Waals surface area contributed by atoms with Gasteiger partial charge in [-0.2, -0.15) is 10.3 Å². The highest BCUT2D eigenvalue weighted by atomic mass is 16.5. The molecule has 0 aliphatic carbocycles. The van der Waals surface area contributed by atoms with E-state index in [1.54, 1.807) is 0 Å². The van der Waals surface area contributed by atoms with E-state index in [0.717, 1.165) is 31.6 Å². The maximum Gasteiger partial charge on any atom is 0.324 e. The van der Waals surface area contributed by atoms with E-state index in [1.807, 2.05) is 24.3 Å². The number of piperidine rings is 1. The molecule has 0 bridgehead atoms. The Kier molecular flexibility index (Phi) is 3.05. The fraction of sp³-hybridized carbons (Fsp3) is 0.375. The number of nitriles is 1. The Bertz CT molecular complexity index is 716. The Morgan fingerprint density at radius 3 is 2.78 bits per heavy atom. The Morgan fingerprint density at radius 2 is 2.04 bits per heavy atom. The molecule has 7 nitrogen and oxygen atoms in total. The number of nitrogens with zero attached hydrogens (tertiary/aromatic N) is 3. The van der Waals surface area contributed by atoms with Crippen LogP contribution in [0.15, 0.2) is 40.7 Å². The van der Waals surface area contributed by atoms with E-state index in [2.05, 4.69) is 21.6 Å². The zero-order valence-corrected chi connectivity index (χ0v) is 12.7. The first-order chi connectivity index (χ1) is 11.2. The second kappa shape index (κ2) is 5.09. The van der Waals surface area contributed by atoms with Gasteiger partial charge in [0.1, 0.15) is 17.6 Å². The highest BCUT2D eigenvalue weighted by Crippen LogP contribution is 2.41. The van der Waals surface area contributed by atoms with E-state index in [-0.39, 0.29) is 11.4 Å². The second-order valence-corrected chi connectivity index (χ2v) is 5.88. The van der Waals surface area contributed by atoms with Crippen LogP contribution in [-0.2, 0) is 0 Å². The predicted octanol–water partition coefficient (Wildman–Crippen LogP) is 1.28. The van der Waals surface area contributed by atoms with Crippen molar-refractivity contribution in [1.29, 1.82) is 5.26 Å². The van der Waals surface area contributed by atoms with Gasteiger partial charge in [-0.1, -0.05) is 12.1 Å². The maximum atomic E-state index is 9.53. The van der Waals surface area contributed by atoms with Crippen LogP contribution in [0.4, 0.5) is 5.69 Å². The monoisotopic (exact) mass is 310 g/mol. The smallest absolute Gasteiger partial charge is 0.324 e. The first kappa shape index (κ1) is 13.8. The van der Waals surface area contributed by atoms with E-state index in [9.17, 15) is 5.26 Å². The third-order valence-corrected chi connectivity index (χ3v) is 4.33. The number of aliphatic imine (C=N–C) groups is 1. The number of rotatable bonds is 0. The summed E-state index contributed by atoms with van der Waals surface area (Å²) in [6.45, 7) is 1.84.